The molecule has 5 atom stereocenters. The number of alkyl halides is 2. The van der Waals surface area contributed by atoms with Crippen molar-refractivity contribution in [3.05, 3.63) is 0 Å². The number of thiol groups is 1. The predicted molar refractivity (Wildman–Crippen MR) is 66.6 cm³/mol. The summed E-state index contributed by atoms with van der Waals surface area (Å²) in [6.07, 6.45) is 2.38. The molecular weight excluding hydrogens is 242 g/mol. The van der Waals surface area contributed by atoms with E-state index >= 15 is 0 Å². The van der Waals surface area contributed by atoms with Gasteiger partial charge in [0.25, 0.3) is 0 Å². The first-order chi connectivity index (χ1) is 7.79. The lowest BCUT2D eigenvalue weighted by molar-refractivity contribution is -0.124. The van der Waals surface area contributed by atoms with E-state index in [1.165, 1.54) is 6.92 Å². The van der Waals surface area contributed by atoms with Crippen LogP contribution in [0.25, 0.3) is 0 Å². The van der Waals surface area contributed by atoms with E-state index in [0.29, 0.717) is 19.3 Å². The maximum Gasteiger partial charge on any atom is 0.187 e. The van der Waals surface area contributed by atoms with E-state index in [9.17, 15) is 13.6 Å². The van der Waals surface area contributed by atoms with Crippen molar-refractivity contribution >= 4 is 18.4 Å². The smallest absolute Gasteiger partial charge is 0.187 e. The van der Waals surface area contributed by atoms with E-state index in [1.807, 2.05) is 6.92 Å². The molecule has 2 rings (SSSR count). The molecule has 2 aliphatic rings. The van der Waals surface area contributed by atoms with Gasteiger partial charge in [-0.2, -0.15) is 0 Å². The molecule has 0 N–H and O–H groups in total. The van der Waals surface area contributed by atoms with Gasteiger partial charge in [-0.3, -0.25) is 4.79 Å². The van der Waals surface area contributed by atoms with Crippen LogP contribution in [0.15, 0.2) is 0 Å². The molecule has 0 radical (unpaired) electrons. The van der Waals surface area contributed by atoms with Gasteiger partial charge >= 0.3 is 0 Å². The third kappa shape index (κ3) is 2.02. The number of rotatable bonds is 4. The van der Waals surface area contributed by atoms with Gasteiger partial charge in [0.05, 0.1) is 0 Å². The minimum absolute atomic E-state index is 0.0224. The van der Waals surface area contributed by atoms with E-state index < -0.39 is 10.7 Å². The molecule has 1 nitrogen and oxygen atoms in total. The second-order valence-corrected chi connectivity index (χ2v) is 6.50. The maximum absolute atomic E-state index is 14.8. The molecule has 2 fully saturated rings. The van der Waals surface area contributed by atoms with Crippen molar-refractivity contribution in [2.45, 2.75) is 56.6 Å². The number of Topliss-reactive ketones (excluding diaryl/α,β-unsaturated/α-hetero) is 1. The topological polar surface area (TPSA) is 17.1 Å². The van der Waals surface area contributed by atoms with E-state index in [4.69, 9.17) is 0 Å². The summed E-state index contributed by atoms with van der Waals surface area (Å²) in [5.41, 5.74) is -1.94. The number of hydrogen-bond acceptors (Lipinski definition) is 2. The van der Waals surface area contributed by atoms with Crippen LogP contribution in [0.4, 0.5) is 8.78 Å². The fraction of sp³-hybridized carbons (Fsp3) is 0.923. The van der Waals surface area contributed by atoms with Crippen LogP contribution in [0, 0.1) is 17.8 Å². The summed E-state index contributed by atoms with van der Waals surface area (Å²) in [7, 11) is 0. The molecule has 98 valence electrons. The van der Waals surface area contributed by atoms with Crippen LogP contribution in [0.3, 0.4) is 0 Å². The molecule has 0 aliphatic heterocycles. The van der Waals surface area contributed by atoms with Crippen LogP contribution < -0.4 is 0 Å². The summed E-state index contributed by atoms with van der Waals surface area (Å²) < 4.78 is 29.1. The van der Waals surface area contributed by atoms with E-state index in [1.54, 1.807) is 0 Å². The fourth-order valence-electron chi connectivity index (χ4n) is 3.56. The summed E-state index contributed by atoms with van der Waals surface area (Å²) in [6.45, 7) is 3.15. The zero-order chi connectivity index (χ0) is 12.8. The summed E-state index contributed by atoms with van der Waals surface area (Å²) in [5.74, 6) is -0.104. The van der Waals surface area contributed by atoms with Crippen molar-refractivity contribution in [1.29, 1.82) is 0 Å². The fourth-order valence-corrected chi connectivity index (χ4v) is 3.95. The van der Waals surface area contributed by atoms with Crippen molar-refractivity contribution in [2.75, 3.05) is 0 Å². The molecule has 4 heteroatoms. The molecule has 0 heterocycles. The third-order valence-electron chi connectivity index (χ3n) is 4.64. The Hall–Kier alpha value is -0.120. The van der Waals surface area contributed by atoms with Gasteiger partial charge in [0.15, 0.2) is 10.7 Å². The highest BCUT2D eigenvalue weighted by atomic mass is 32.1. The molecule has 5 unspecified atom stereocenters. The van der Waals surface area contributed by atoms with Crippen molar-refractivity contribution in [1.82, 2.24) is 0 Å². The van der Waals surface area contributed by atoms with Crippen LogP contribution >= 0.6 is 12.6 Å². The van der Waals surface area contributed by atoms with Gasteiger partial charge in [-0.25, -0.2) is 8.78 Å². The number of ketones is 1. The van der Waals surface area contributed by atoms with Crippen molar-refractivity contribution in [3.63, 3.8) is 0 Å². The molecule has 2 bridgehead atoms. The Morgan fingerprint density at radius 3 is 2.47 bits per heavy atom. The average Bonchev–Trinajstić information content (AvgIpc) is 2.75. The summed E-state index contributed by atoms with van der Waals surface area (Å²) in [6, 6.07) is 0. The molecule has 0 saturated heterocycles. The Bertz CT molecular complexity index is 327. The molecule has 0 amide bonds. The molecule has 17 heavy (non-hydrogen) atoms. The zero-order valence-corrected chi connectivity index (χ0v) is 11.3. The lowest BCUT2D eigenvalue weighted by atomic mass is 9.74. The zero-order valence-electron chi connectivity index (χ0n) is 10.4. The van der Waals surface area contributed by atoms with Crippen molar-refractivity contribution in [3.8, 4) is 0 Å². The van der Waals surface area contributed by atoms with Gasteiger partial charge < -0.3 is 0 Å². The van der Waals surface area contributed by atoms with E-state index in [2.05, 4.69) is 12.6 Å². The van der Waals surface area contributed by atoms with Crippen LogP contribution in [0.1, 0.15) is 46.0 Å². The Kier molecular flexibility index (Phi) is 3.30. The lowest BCUT2D eigenvalue weighted by Crippen LogP contribution is -2.49. The second kappa shape index (κ2) is 4.22. The molecule has 0 spiro atoms. The minimum atomic E-state index is -2.08. The first-order valence-electron chi connectivity index (χ1n) is 6.42. The second-order valence-electron chi connectivity index (χ2n) is 5.79. The lowest BCUT2D eigenvalue weighted by Gasteiger charge is -2.41. The Morgan fingerprint density at radius 1 is 1.41 bits per heavy atom. The van der Waals surface area contributed by atoms with Crippen LogP contribution in [0.2, 0.25) is 0 Å². The van der Waals surface area contributed by atoms with Gasteiger partial charge in [-0.05, 0) is 32.1 Å². The van der Waals surface area contributed by atoms with Crippen LogP contribution in [-0.2, 0) is 4.79 Å². The SMILES string of the molecule is CCCC(F)(S)C(C)(F)C1CC2CC1CC2=O. The Labute approximate surface area is 107 Å². The van der Waals surface area contributed by atoms with Gasteiger partial charge in [-0.1, -0.05) is 13.3 Å². The van der Waals surface area contributed by atoms with Crippen LogP contribution in [0.5, 0.6) is 0 Å². The first kappa shape index (κ1) is 13.3. The number of hydrogen-bond donors (Lipinski definition) is 1. The summed E-state index contributed by atoms with van der Waals surface area (Å²) in [5, 5.41) is -2.08. The summed E-state index contributed by atoms with van der Waals surface area (Å²) in [4.78, 5) is 11.4. The molecular formula is C13H20F2OS. The maximum atomic E-state index is 14.8. The molecule has 0 aromatic heterocycles. The monoisotopic (exact) mass is 262 g/mol. The van der Waals surface area contributed by atoms with E-state index in [0.717, 1.165) is 6.42 Å². The molecule has 2 saturated carbocycles. The predicted octanol–water partition coefficient (Wildman–Crippen LogP) is 3.73. The normalized spacial score (nSPS) is 39.1. The Balaban J connectivity index is 2.15. The standard InChI is InChI=1S/C13H20F2OS/c1-3-4-13(15,17)12(2,14)10-6-9-5-8(10)7-11(9)16/h8-10,17H,3-7H2,1-2H3. The third-order valence-corrected chi connectivity index (χ3v) is 5.30. The highest BCUT2D eigenvalue weighted by molar-refractivity contribution is 7.81. The van der Waals surface area contributed by atoms with Gasteiger partial charge in [0.1, 0.15) is 5.78 Å². The number of halogens is 2. The quantitative estimate of drug-likeness (QED) is 0.764. The molecule has 0 aromatic rings. The van der Waals surface area contributed by atoms with Gasteiger partial charge in [0, 0.05) is 18.3 Å². The van der Waals surface area contributed by atoms with Crippen molar-refractivity contribution < 1.29 is 13.6 Å². The molecule has 2 aliphatic carbocycles. The number of fused-ring (bicyclic) bond motifs is 2. The molecule has 0 aromatic carbocycles. The van der Waals surface area contributed by atoms with Crippen LogP contribution in [-0.4, -0.2) is 16.5 Å². The number of carbonyl (C=O) groups is 1. The Morgan fingerprint density at radius 2 is 2.06 bits per heavy atom. The minimum Gasteiger partial charge on any atom is -0.299 e. The number of carbonyl (C=O) groups excluding carboxylic acids is 1. The van der Waals surface area contributed by atoms with E-state index in [-0.39, 0.29) is 30.0 Å². The highest BCUT2D eigenvalue weighted by Gasteiger charge is 2.59. The van der Waals surface area contributed by atoms with Gasteiger partial charge in [-0.15, -0.1) is 12.6 Å². The largest absolute Gasteiger partial charge is 0.299 e. The summed E-state index contributed by atoms with van der Waals surface area (Å²) >= 11 is 3.91. The highest BCUT2D eigenvalue weighted by Crippen LogP contribution is 2.56. The van der Waals surface area contributed by atoms with Crippen molar-refractivity contribution in [2.24, 2.45) is 17.8 Å². The van der Waals surface area contributed by atoms with Gasteiger partial charge in [0.2, 0.25) is 0 Å². The average molecular weight is 262 g/mol. The first-order valence-corrected chi connectivity index (χ1v) is 6.87.